The van der Waals surface area contributed by atoms with Gasteiger partial charge in [-0.15, -0.1) is 11.6 Å². The summed E-state index contributed by atoms with van der Waals surface area (Å²) in [7, 11) is 0. The van der Waals surface area contributed by atoms with E-state index < -0.39 is 5.60 Å². The smallest absolute Gasteiger partial charge is 0.309 e. The van der Waals surface area contributed by atoms with Crippen LogP contribution < -0.4 is 0 Å². The zero-order valence-corrected chi connectivity index (χ0v) is 10.8. The molecule has 1 fully saturated rings. The molecule has 2 nitrogen and oxygen atoms in total. The van der Waals surface area contributed by atoms with E-state index in [1.54, 1.807) is 0 Å². The molecule has 0 aromatic carbocycles. The van der Waals surface area contributed by atoms with Crippen LogP contribution >= 0.6 is 11.6 Å². The van der Waals surface area contributed by atoms with E-state index in [0.29, 0.717) is 5.92 Å². The average Bonchev–Trinajstić information content (AvgIpc) is 2.06. The van der Waals surface area contributed by atoms with Crippen molar-refractivity contribution in [2.24, 2.45) is 11.8 Å². The molecule has 3 heteroatoms. The topological polar surface area (TPSA) is 26.3 Å². The van der Waals surface area contributed by atoms with Crippen LogP contribution in [0.1, 0.15) is 47.0 Å². The minimum Gasteiger partial charge on any atom is -0.460 e. The summed E-state index contributed by atoms with van der Waals surface area (Å²) >= 11 is 6.08. The summed E-state index contributed by atoms with van der Waals surface area (Å²) in [6, 6.07) is 0. The molecular formula is C12H21ClO2. The fourth-order valence-corrected chi connectivity index (χ4v) is 2.29. The minimum atomic E-state index is -0.393. The van der Waals surface area contributed by atoms with Crippen molar-refractivity contribution in [1.82, 2.24) is 0 Å². The second kappa shape index (κ2) is 4.73. The lowest BCUT2D eigenvalue weighted by Gasteiger charge is -2.32. The summed E-state index contributed by atoms with van der Waals surface area (Å²) in [5.74, 6) is 0.302. The van der Waals surface area contributed by atoms with E-state index in [0.717, 1.165) is 19.3 Å². The van der Waals surface area contributed by atoms with Gasteiger partial charge in [-0.1, -0.05) is 6.92 Å². The van der Waals surface area contributed by atoms with Crippen LogP contribution in [0.15, 0.2) is 0 Å². The van der Waals surface area contributed by atoms with Gasteiger partial charge >= 0.3 is 5.97 Å². The fourth-order valence-electron chi connectivity index (χ4n) is 1.98. The highest BCUT2D eigenvalue weighted by Crippen LogP contribution is 2.34. The first-order chi connectivity index (χ1) is 6.79. The van der Waals surface area contributed by atoms with Crippen LogP contribution in [0.25, 0.3) is 0 Å². The van der Waals surface area contributed by atoms with E-state index >= 15 is 0 Å². The van der Waals surface area contributed by atoms with E-state index in [2.05, 4.69) is 6.92 Å². The molecule has 0 N–H and O–H groups in total. The van der Waals surface area contributed by atoms with Crippen molar-refractivity contribution in [3.8, 4) is 0 Å². The molecule has 3 atom stereocenters. The molecule has 0 aliphatic heterocycles. The highest BCUT2D eigenvalue weighted by atomic mass is 35.5. The standard InChI is InChI=1S/C12H21ClO2/c1-8-5-6-9(13)7-10(8)11(14)15-12(2,3)4/h8-10H,5-7H2,1-4H3/t8-,9+,10+/m1/s1. The Balaban J connectivity index is 2.57. The first-order valence-corrected chi connectivity index (χ1v) is 6.10. The number of hydrogen-bond donors (Lipinski definition) is 0. The molecule has 0 unspecified atom stereocenters. The first-order valence-electron chi connectivity index (χ1n) is 5.66. The van der Waals surface area contributed by atoms with Crippen molar-refractivity contribution in [3.05, 3.63) is 0 Å². The lowest BCUT2D eigenvalue weighted by molar-refractivity contribution is -0.162. The lowest BCUT2D eigenvalue weighted by atomic mass is 9.80. The zero-order valence-electron chi connectivity index (χ0n) is 10.0. The SMILES string of the molecule is C[C@@H]1CC[C@H](Cl)C[C@@H]1C(=O)OC(C)(C)C. The Morgan fingerprint density at radius 1 is 1.33 bits per heavy atom. The number of halogens is 1. The Hall–Kier alpha value is -0.240. The van der Waals surface area contributed by atoms with Crippen molar-refractivity contribution in [2.45, 2.75) is 57.9 Å². The first kappa shape index (κ1) is 12.8. The van der Waals surface area contributed by atoms with E-state index in [4.69, 9.17) is 16.3 Å². The van der Waals surface area contributed by atoms with Crippen molar-refractivity contribution in [1.29, 1.82) is 0 Å². The number of rotatable bonds is 1. The van der Waals surface area contributed by atoms with Gasteiger partial charge in [0.15, 0.2) is 0 Å². The zero-order chi connectivity index (χ0) is 11.6. The Morgan fingerprint density at radius 2 is 1.93 bits per heavy atom. The molecule has 0 radical (unpaired) electrons. The van der Waals surface area contributed by atoms with Gasteiger partial charge in [-0.05, 0) is 46.0 Å². The van der Waals surface area contributed by atoms with E-state index in [-0.39, 0.29) is 17.3 Å². The van der Waals surface area contributed by atoms with E-state index in [1.807, 2.05) is 20.8 Å². The third-order valence-electron chi connectivity index (χ3n) is 2.84. The second-order valence-corrected chi connectivity index (χ2v) is 6.14. The number of alkyl halides is 1. The molecule has 88 valence electrons. The maximum absolute atomic E-state index is 11.9. The van der Waals surface area contributed by atoms with Crippen LogP contribution in [0, 0.1) is 11.8 Å². The van der Waals surface area contributed by atoms with Gasteiger partial charge in [0.25, 0.3) is 0 Å². The fraction of sp³-hybridized carbons (Fsp3) is 0.917. The van der Waals surface area contributed by atoms with Crippen molar-refractivity contribution in [3.63, 3.8) is 0 Å². The minimum absolute atomic E-state index is 0.0134. The molecule has 15 heavy (non-hydrogen) atoms. The van der Waals surface area contributed by atoms with Crippen LogP contribution in [0.3, 0.4) is 0 Å². The van der Waals surface area contributed by atoms with Gasteiger partial charge < -0.3 is 4.74 Å². The third-order valence-corrected chi connectivity index (χ3v) is 3.24. The van der Waals surface area contributed by atoms with Gasteiger partial charge in [0, 0.05) is 5.38 Å². The molecule has 1 saturated carbocycles. The Kier molecular flexibility index (Phi) is 4.05. The average molecular weight is 233 g/mol. The molecule has 1 rings (SSSR count). The molecular weight excluding hydrogens is 212 g/mol. The van der Waals surface area contributed by atoms with Gasteiger partial charge in [-0.25, -0.2) is 0 Å². The van der Waals surface area contributed by atoms with Gasteiger partial charge in [0.1, 0.15) is 5.60 Å². The summed E-state index contributed by atoms with van der Waals surface area (Å²) in [5.41, 5.74) is -0.393. The molecule has 0 aromatic heterocycles. The summed E-state index contributed by atoms with van der Waals surface area (Å²) < 4.78 is 5.40. The lowest BCUT2D eigenvalue weighted by Crippen LogP contribution is -2.35. The maximum Gasteiger partial charge on any atom is 0.309 e. The molecule has 0 bridgehead atoms. The number of carbonyl (C=O) groups excluding carboxylic acids is 1. The molecule has 0 amide bonds. The monoisotopic (exact) mass is 232 g/mol. The predicted molar refractivity (Wildman–Crippen MR) is 62.0 cm³/mol. The second-order valence-electron chi connectivity index (χ2n) is 5.53. The van der Waals surface area contributed by atoms with Crippen LogP contribution in [0.5, 0.6) is 0 Å². The van der Waals surface area contributed by atoms with Crippen molar-refractivity contribution in [2.75, 3.05) is 0 Å². The molecule has 0 saturated heterocycles. The molecule has 1 aliphatic carbocycles. The van der Waals surface area contributed by atoms with Gasteiger partial charge in [0.05, 0.1) is 5.92 Å². The highest BCUT2D eigenvalue weighted by molar-refractivity contribution is 6.20. The largest absolute Gasteiger partial charge is 0.460 e. The van der Waals surface area contributed by atoms with Crippen LogP contribution in [-0.4, -0.2) is 16.9 Å². The van der Waals surface area contributed by atoms with E-state index in [9.17, 15) is 4.79 Å². The molecule has 0 heterocycles. The van der Waals surface area contributed by atoms with Crippen LogP contribution in [-0.2, 0) is 9.53 Å². The highest BCUT2D eigenvalue weighted by Gasteiger charge is 2.34. The number of esters is 1. The predicted octanol–water partition coefficient (Wildman–Crippen LogP) is 3.37. The van der Waals surface area contributed by atoms with Gasteiger partial charge in [-0.3, -0.25) is 4.79 Å². The van der Waals surface area contributed by atoms with Crippen molar-refractivity contribution < 1.29 is 9.53 Å². The Morgan fingerprint density at radius 3 is 2.47 bits per heavy atom. The quantitative estimate of drug-likeness (QED) is 0.512. The molecule has 1 aliphatic rings. The number of hydrogen-bond acceptors (Lipinski definition) is 2. The normalized spacial score (nSPS) is 32.5. The number of ether oxygens (including phenoxy) is 1. The van der Waals surface area contributed by atoms with E-state index in [1.165, 1.54) is 0 Å². The molecule has 0 spiro atoms. The van der Waals surface area contributed by atoms with Crippen LogP contribution in [0.4, 0.5) is 0 Å². The summed E-state index contributed by atoms with van der Waals surface area (Å²) in [4.78, 5) is 11.9. The Bertz CT molecular complexity index is 232. The van der Waals surface area contributed by atoms with Gasteiger partial charge in [-0.2, -0.15) is 0 Å². The van der Waals surface area contributed by atoms with Crippen molar-refractivity contribution >= 4 is 17.6 Å². The third kappa shape index (κ3) is 4.02. The van der Waals surface area contributed by atoms with Gasteiger partial charge in [0.2, 0.25) is 0 Å². The summed E-state index contributed by atoms with van der Waals surface area (Å²) in [6.45, 7) is 7.81. The van der Waals surface area contributed by atoms with Crippen LogP contribution in [0.2, 0.25) is 0 Å². The maximum atomic E-state index is 11.9. The number of carbonyl (C=O) groups is 1. The molecule has 0 aromatic rings. The Labute approximate surface area is 97.3 Å². The summed E-state index contributed by atoms with van der Waals surface area (Å²) in [6.07, 6.45) is 2.80. The summed E-state index contributed by atoms with van der Waals surface area (Å²) in [5, 5.41) is 0.138.